The van der Waals surface area contributed by atoms with Crippen molar-refractivity contribution in [1.29, 1.82) is 0 Å². The number of carbonyl (C=O) groups is 1. The zero-order chi connectivity index (χ0) is 21.7. The number of nitrogens with one attached hydrogen (secondary N) is 2. The Kier molecular flexibility index (Phi) is 7.00. The van der Waals surface area contributed by atoms with Gasteiger partial charge in [0.05, 0.1) is 16.9 Å². The lowest BCUT2D eigenvalue weighted by Gasteiger charge is -2.17. The van der Waals surface area contributed by atoms with Crippen molar-refractivity contribution in [2.75, 3.05) is 11.9 Å². The Labute approximate surface area is 180 Å². The number of halogens is 2. The van der Waals surface area contributed by atoms with Crippen molar-refractivity contribution in [1.82, 2.24) is 15.3 Å². The van der Waals surface area contributed by atoms with Gasteiger partial charge in [-0.1, -0.05) is 38.4 Å². The zero-order valence-corrected chi connectivity index (χ0v) is 17.9. The standard InChI is InChI=1S/C23H24ClFN4O/c1-4-10-27-23(30)18-13-26-11-9-21(18)29-22-16(14(2)3)6-8-20(28-22)17-12-15(24)5-7-19(17)25/h5-9,11-14H,4,10H2,1-3H3,(H,27,30)(H,26,28,29). The van der Waals surface area contributed by atoms with E-state index < -0.39 is 5.82 Å². The highest BCUT2D eigenvalue weighted by molar-refractivity contribution is 6.30. The van der Waals surface area contributed by atoms with Crippen LogP contribution < -0.4 is 10.6 Å². The molecule has 0 spiro atoms. The summed E-state index contributed by atoms with van der Waals surface area (Å²) >= 11 is 6.05. The summed E-state index contributed by atoms with van der Waals surface area (Å²) in [5.74, 6) is 0.101. The molecule has 0 atom stereocenters. The van der Waals surface area contributed by atoms with Gasteiger partial charge in [-0.2, -0.15) is 0 Å². The highest BCUT2D eigenvalue weighted by atomic mass is 35.5. The quantitative estimate of drug-likeness (QED) is 0.490. The fourth-order valence-electron chi connectivity index (χ4n) is 3.03. The summed E-state index contributed by atoms with van der Waals surface area (Å²) < 4.78 is 14.4. The van der Waals surface area contributed by atoms with Crippen LogP contribution in [0.2, 0.25) is 5.02 Å². The van der Waals surface area contributed by atoms with E-state index in [0.29, 0.717) is 39.9 Å². The van der Waals surface area contributed by atoms with Crippen molar-refractivity contribution in [3.05, 3.63) is 70.8 Å². The average Bonchev–Trinajstić information content (AvgIpc) is 2.74. The molecule has 2 heterocycles. The molecule has 3 aromatic rings. The largest absolute Gasteiger partial charge is 0.352 e. The second-order valence-electron chi connectivity index (χ2n) is 7.22. The Bertz CT molecular complexity index is 1060. The molecular weight excluding hydrogens is 403 g/mol. The third-order valence-electron chi connectivity index (χ3n) is 4.61. The maximum atomic E-state index is 14.4. The summed E-state index contributed by atoms with van der Waals surface area (Å²) in [6, 6.07) is 9.78. The second kappa shape index (κ2) is 9.67. The van der Waals surface area contributed by atoms with E-state index in [1.54, 1.807) is 24.4 Å². The van der Waals surface area contributed by atoms with Crippen LogP contribution in [0.3, 0.4) is 0 Å². The number of nitrogens with zero attached hydrogens (tertiary/aromatic N) is 2. The van der Waals surface area contributed by atoms with Crippen LogP contribution in [-0.2, 0) is 0 Å². The summed E-state index contributed by atoms with van der Waals surface area (Å²) in [5, 5.41) is 6.55. The van der Waals surface area contributed by atoms with Crippen LogP contribution in [0.1, 0.15) is 49.0 Å². The van der Waals surface area contributed by atoms with Gasteiger partial charge in [-0.3, -0.25) is 9.78 Å². The van der Waals surface area contributed by atoms with Gasteiger partial charge in [0, 0.05) is 29.5 Å². The first-order chi connectivity index (χ1) is 14.4. The van der Waals surface area contributed by atoms with Crippen LogP contribution in [0.25, 0.3) is 11.3 Å². The first-order valence-corrected chi connectivity index (χ1v) is 10.2. The molecule has 0 bridgehead atoms. The molecule has 2 aromatic heterocycles. The average molecular weight is 427 g/mol. The van der Waals surface area contributed by atoms with Gasteiger partial charge in [-0.25, -0.2) is 9.37 Å². The molecule has 1 amide bonds. The van der Waals surface area contributed by atoms with Crippen LogP contribution in [0.5, 0.6) is 0 Å². The Morgan fingerprint density at radius 3 is 2.73 bits per heavy atom. The SMILES string of the molecule is CCCNC(=O)c1cnccc1Nc1nc(-c2cc(Cl)ccc2F)ccc1C(C)C. The van der Waals surface area contributed by atoms with Gasteiger partial charge >= 0.3 is 0 Å². The number of aromatic nitrogens is 2. The monoisotopic (exact) mass is 426 g/mol. The zero-order valence-electron chi connectivity index (χ0n) is 17.2. The number of amides is 1. The van der Waals surface area contributed by atoms with E-state index >= 15 is 0 Å². The van der Waals surface area contributed by atoms with E-state index in [1.807, 2.05) is 26.8 Å². The predicted molar refractivity (Wildman–Crippen MR) is 119 cm³/mol. The van der Waals surface area contributed by atoms with Crippen molar-refractivity contribution in [3.8, 4) is 11.3 Å². The Hall–Kier alpha value is -2.99. The number of carbonyl (C=O) groups excluding carboxylic acids is 1. The summed E-state index contributed by atoms with van der Waals surface area (Å²) in [4.78, 5) is 21.3. The third-order valence-corrected chi connectivity index (χ3v) is 4.84. The molecule has 2 N–H and O–H groups in total. The highest BCUT2D eigenvalue weighted by Crippen LogP contribution is 2.31. The molecule has 5 nitrogen and oxygen atoms in total. The number of hydrogen-bond acceptors (Lipinski definition) is 4. The Balaban J connectivity index is 2.04. The molecule has 0 aliphatic rings. The molecule has 7 heteroatoms. The van der Waals surface area contributed by atoms with Crippen molar-refractivity contribution in [3.63, 3.8) is 0 Å². The number of rotatable bonds is 7. The lowest BCUT2D eigenvalue weighted by molar-refractivity contribution is 0.0954. The Morgan fingerprint density at radius 1 is 1.20 bits per heavy atom. The van der Waals surface area contributed by atoms with Gasteiger partial charge < -0.3 is 10.6 Å². The lowest BCUT2D eigenvalue weighted by atomic mass is 10.0. The number of benzene rings is 1. The van der Waals surface area contributed by atoms with E-state index in [4.69, 9.17) is 11.6 Å². The molecule has 0 fully saturated rings. The van der Waals surface area contributed by atoms with E-state index in [1.165, 1.54) is 18.3 Å². The molecule has 0 saturated carbocycles. The van der Waals surface area contributed by atoms with Gasteiger partial charge in [-0.05, 0) is 48.2 Å². The molecule has 156 valence electrons. The van der Waals surface area contributed by atoms with Gasteiger partial charge in [0.1, 0.15) is 11.6 Å². The van der Waals surface area contributed by atoms with Gasteiger partial charge in [0.2, 0.25) is 0 Å². The first-order valence-electron chi connectivity index (χ1n) is 9.86. The minimum atomic E-state index is -0.404. The normalized spacial score (nSPS) is 10.9. The van der Waals surface area contributed by atoms with E-state index in [9.17, 15) is 9.18 Å². The second-order valence-corrected chi connectivity index (χ2v) is 7.65. The van der Waals surface area contributed by atoms with E-state index in [2.05, 4.69) is 20.6 Å². The molecule has 1 aromatic carbocycles. The van der Waals surface area contributed by atoms with Crippen molar-refractivity contribution < 1.29 is 9.18 Å². The lowest BCUT2D eigenvalue weighted by Crippen LogP contribution is -2.25. The molecule has 0 radical (unpaired) electrons. The maximum absolute atomic E-state index is 14.4. The van der Waals surface area contributed by atoms with Crippen LogP contribution >= 0.6 is 11.6 Å². The van der Waals surface area contributed by atoms with Crippen molar-refractivity contribution >= 4 is 29.0 Å². The Morgan fingerprint density at radius 2 is 2.00 bits per heavy atom. The van der Waals surface area contributed by atoms with Crippen LogP contribution in [0.4, 0.5) is 15.9 Å². The molecule has 0 aliphatic carbocycles. The maximum Gasteiger partial charge on any atom is 0.254 e. The first kappa shape index (κ1) is 21.7. The fourth-order valence-corrected chi connectivity index (χ4v) is 3.20. The summed E-state index contributed by atoms with van der Waals surface area (Å²) in [6.07, 6.45) is 3.96. The number of hydrogen-bond donors (Lipinski definition) is 2. The number of pyridine rings is 2. The van der Waals surface area contributed by atoms with E-state index in [0.717, 1.165) is 12.0 Å². The predicted octanol–water partition coefficient (Wildman–Crippen LogP) is 5.94. The fraction of sp³-hybridized carbons (Fsp3) is 0.261. The molecule has 0 saturated heterocycles. The molecular formula is C23H24ClFN4O. The highest BCUT2D eigenvalue weighted by Gasteiger charge is 2.17. The minimum absolute atomic E-state index is 0.164. The molecule has 3 rings (SSSR count). The number of anilines is 2. The third kappa shape index (κ3) is 4.94. The molecule has 30 heavy (non-hydrogen) atoms. The van der Waals surface area contributed by atoms with E-state index in [-0.39, 0.29) is 11.8 Å². The van der Waals surface area contributed by atoms with Crippen molar-refractivity contribution in [2.24, 2.45) is 0 Å². The summed E-state index contributed by atoms with van der Waals surface area (Å²) in [5.41, 5.74) is 2.71. The van der Waals surface area contributed by atoms with Gasteiger partial charge in [-0.15, -0.1) is 0 Å². The topological polar surface area (TPSA) is 66.9 Å². The van der Waals surface area contributed by atoms with Crippen LogP contribution in [0, 0.1) is 5.82 Å². The van der Waals surface area contributed by atoms with Gasteiger partial charge in [0.15, 0.2) is 0 Å². The van der Waals surface area contributed by atoms with Gasteiger partial charge in [0.25, 0.3) is 5.91 Å². The summed E-state index contributed by atoms with van der Waals surface area (Å²) in [7, 11) is 0. The van der Waals surface area contributed by atoms with Crippen LogP contribution in [0.15, 0.2) is 48.8 Å². The smallest absolute Gasteiger partial charge is 0.254 e. The minimum Gasteiger partial charge on any atom is -0.352 e. The molecule has 0 aliphatic heterocycles. The van der Waals surface area contributed by atoms with Crippen LogP contribution in [-0.4, -0.2) is 22.4 Å². The van der Waals surface area contributed by atoms with Crippen molar-refractivity contribution in [2.45, 2.75) is 33.1 Å². The summed E-state index contributed by atoms with van der Waals surface area (Å²) in [6.45, 7) is 6.65. The molecule has 0 unspecified atom stereocenters.